The molecular weight excluding hydrogens is 326 g/mol. The number of halogens is 2. The summed E-state index contributed by atoms with van der Waals surface area (Å²) >= 11 is 0. The molecule has 0 aliphatic rings. The van der Waals surface area contributed by atoms with Crippen molar-refractivity contribution in [1.82, 2.24) is 9.55 Å². The van der Waals surface area contributed by atoms with Crippen molar-refractivity contribution < 1.29 is 16.5 Å². The van der Waals surface area contributed by atoms with Crippen molar-refractivity contribution in [2.45, 2.75) is 6.54 Å². The van der Waals surface area contributed by atoms with Crippen LogP contribution in [0.25, 0.3) is 11.0 Å². The molecule has 0 bridgehead atoms. The molecule has 19 heavy (non-hydrogen) atoms. The Labute approximate surface area is 135 Å². The minimum Gasteiger partial charge on any atom is -0.443 e. The maximum absolute atomic E-state index is 4.25. The standard InChI is InChI=1S/C14H11N2.2ClH.Ni/c1-2-6-12(7-3-1)10-16-11-15-13-8-4-5-9-14(13)16;;;/h1-9H,10H2;2*1H;/q-1;;;. The molecule has 0 saturated carbocycles. The number of fused-ring (bicyclic) bond motifs is 1. The van der Waals surface area contributed by atoms with Gasteiger partial charge in [-0.25, -0.2) is 0 Å². The van der Waals surface area contributed by atoms with E-state index < -0.39 is 0 Å². The van der Waals surface area contributed by atoms with E-state index in [-0.39, 0.29) is 41.3 Å². The molecule has 0 unspecified atom stereocenters. The number of nitrogens with zero attached hydrogens (tertiary/aromatic N) is 2. The monoisotopic (exact) mass is 337 g/mol. The number of hydrogen-bond acceptors (Lipinski definition) is 1. The van der Waals surface area contributed by atoms with Gasteiger partial charge in [0.05, 0.1) is 0 Å². The first kappa shape index (κ1) is 18.0. The normalized spacial score (nSPS) is 9.05. The van der Waals surface area contributed by atoms with Gasteiger partial charge < -0.3 is 9.55 Å². The summed E-state index contributed by atoms with van der Waals surface area (Å²) in [6.07, 6.45) is 3.03. The Morgan fingerprint density at radius 1 is 0.895 bits per heavy atom. The Morgan fingerprint density at radius 3 is 2.26 bits per heavy atom. The summed E-state index contributed by atoms with van der Waals surface area (Å²) < 4.78 is 2.05. The van der Waals surface area contributed by atoms with Crippen molar-refractivity contribution in [3.8, 4) is 0 Å². The van der Waals surface area contributed by atoms with Crippen molar-refractivity contribution in [3.63, 3.8) is 0 Å². The van der Waals surface area contributed by atoms with Crippen LogP contribution in [-0.2, 0) is 23.0 Å². The van der Waals surface area contributed by atoms with E-state index in [9.17, 15) is 0 Å². The number of benzene rings is 2. The molecule has 0 saturated heterocycles. The van der Waals surface area contributed by atoms with Gasteiger partial charge in [-0.05, 0) is 5.56 Å². The molecule has 104 valence electrons. The minimum absolute atomic E-state index is 0. The molecule has 0 atom stereocenters. The van der Waals surface area contributed by atoms with Crippen LogP contribution in [0.1, 0.15) is 5.56 Å². The fraction of sp³-hybridized carbons (Fsp3) is 0.0714. The average molecular weight is 339 g/mol. The first-order valence-corrected chi connectivity index (χ1v) is 5.30. The average Bonchev–Trinajstić information content (AvgIpc) is 2.74. The zero-order valence-electron chi connectivity index (χ0n) is 9.93. The molecular formula is C14H13Cl2N2Ni-. The number of rotatable bonds is 2. The molecule has 0 amide bonds. The molecule has 2 nitrogen and oxygen atoms in total. The topological polar surface area (TPSA) is 17.8 Å². The predicted octanol–water partition coefficient (Wildman–Crippen LogP) is 3.73. The summed E-state index contributed by atoms with van der Waals surface area (Å²) in [6, 6.07) is 18.5. The summed E-state index contributed by atoms with van der Waals surface area (Å²) in [5, 5.41) is 0. The van der Waals surface area contributed by atoms with Crippen LogP contribution in [0.15, 0.2) is 54.6 Å². The van der Waals surface area contributed by atoms with Gasteiger partial charge in [-0.15, -0.1) is 36.9 Å². The Balaban J connectivity index is 0.00000108. The van der Waals surface area contributed by atoms with Crippen LogP contribution < -0.4 is 0 Å². The van der Waals surface area contributed by atoms with Gasteiger partial charge in [-0.2, -0.15) is 0 Å². The van der Waals surface area contributed by atoms with E-state index in [1.165, 1.54) is 5.56 Å². The van der Waals surface area contributed by atoms with E-state index >= 15 is 0 Å². The van der Waals surface area contributed by atoms with Crippen molar-refractivity contribution in [2.24, 2.45) is 0 Å². The van der Waals surface area contributed by atoms with Crippen molar-refractivity contribution in [3.05, 3.63) is 66.5 Å². The molecule has 0 radical (unpaired) electrons. The van der Waals surface area contributed by atoms with Crippen LogP contribution in [0.2, 0.25) is 0 Å². The van der Waals surface area contributed by atoms with Crippen LogP contribution in [-0.4, -0.2) is 9.55 Å². The van der Waals surface area contributed by atoms with Gasteiger partial charge in [0.2, 0.25) is 0 Å². The maximum atomic E-state index is 4.25. The summed E-state index contributed by atoms with van der Waals surface area (Å²) in [7, 11) is 0. The van der Waals surface area contributed by atoms with Gasteiger partial charge in [-0.3, -0.25) is 0 Å². The SMILES string of the molecule is Cl.Cl.[Ni].[c-]1nc2ccccc2n1Cc1ccccc1. The summed E-state index contributed by atoms with van der Waals surface area (Å²) in [4.78, 5) is 4.25. The number of hydrogen-bond donors (Lipinski definition) is 0. The van der Waals surface area contributed by atoms with Crippen molar-refractivity contribution >= 4 is 35.8 Å². The van der Waals surface area contributed by atoms with E-state index in [1.54, 1.807) is 0 Å². The molecule has 0 fully saturated rings. The second-order valence-electron chi connectivity index (χ2n) is 3.77. The summed E-state index contributed by atoms with van der Waals surface area (Å²) in [5.41, 5.74) is 3.40. The zero-order valence-corrected chi connectivity index (χ0v) is 12.6. The van der Waals surface area contributed by atoms with E-state index in [2.05, 4.69) is 41.6 Å². The third-order valence-electron chi connectivity index (χ3n) is 2.65. The summed E-state index contributed by atoms with van der Waals surface area (Å²) in [6.45, 7) is 0.821. The quantitative estimate of drug-likeness (QED) is 0.514. The molecule has 0 N–H and O–H groups in total. The molecule has 3 rings (SSSR count). The zero-order chi connectivity index (χ0) is 10.8. The van der Waals surface area contributed by atoms with Crippen LogP contribution >= 0.6 is 24.8 Å². The van der Waals surface area contributed by atoms with E-state index in [4.69, 9.17) is 0 Å². The van der Waals surface area contributed by atoms with E-state index in [1.807, 2.05) is 28.8 Å². The van der Waals surface area contributed by atoms with Gasteiger partial charge in [0.15, 0.2) is 0 Å². The van der Waals surface area contributed by atoms with Gasteiger partial charge in [-0.1, -0.05) is 53.5 Å². The number of para-hydroxylation sites is 2. The number of aromatic nitrogens is 2. The Morgan fingerprint density at radius 2 is 1.53 bits per heavy atom. The van der Waals surface area contributed by atoms with Gasteiger partial charge in [0, 0.05) is 29.4 Å². The van der Waals surface area contributed by atoms with Crippen LogP contribution in [0.5, 0.6) is 0 Å². The number of imidazole rings is 1. The third-order valence-corrected chi connectivity index (χ3v) is 2.65. The van der Waals surface area contributed by atoms with Gasteiger partial charge >= 0.3 is 0 Å². The molecule has 5 heteroatoms. The van der Waals surface area contributed by atoms with E-state index in [0.29, 0.717) is 0 Å². The predicted molar refractivity (Wildman–Crippen MR) is 78.6 cm³/mol. The molecule has 0 aliphatic heterocycles. The fourth-order valence-electron chi connectivity index (χ4n) is 1.84. The molecule has 1 heterocycles. The van der Waals surface area contributed by atoms with Gasteiger partial charge in [0.25, 0.3) is 0 Å². The first-order chi connectivity index (χ1) is 7.93. The molecule has 1 aromatic heterocycles. The molecule has 2 aromatic carbocycles. The van der Waals surface area contributed by atoms with E-state index in [0.717, 1.165) is 17.6 Å². The largest absolute Gasteiger partial charge is 0.443 e. The first-order valence-electron chi connectivity index (χ1n) is 5.30. The van der Waals surface area contributed by atoms with Crippen molar-refractivity contribution in [1.29, 1.82) is 0 Å². The summed E-state index contributed by atoms with van der Waals surface area (Å²) in [5.74, 6) is 0. The molecule has 3 aromatic rings. The van der Waals surface area contributed by atoms with Gasteiger partial charge in [0.1, 0.15) is 0 Å². The Hall–Kier alpha value is -1.02. The third kappa shape index (κ3) is 3.97. The van der Waals surface area contributed by atoms with Crippen molar-refractivity contribution in [2.75, 3.05) is 0 Å². The van der Waals surface area contributed by atoms with Crippen LogP contribution in [0.3, 0.4) is 0 Å². The van der Waals surface area contributed by atoms with Crippen LogP contribution in [0, 0.1) is 6.33 Å². The second kappa shape index (κ2) is 8.21. The smallest absolute Gasteiger partial charge is 0.0251 e. The molecule has 0 aliphatic carbocycles. The second-order valence-corrected chi connectivity index (χ2v) is 3.77. The minimum atomic E-state index is 0. The fourth-order valence-corrected chi connectivity index (χ4v) is 1.84. The maximum Gasteiger partial charge on any atom is 0.0251 e. The molecule has 0 spiro atoms. The Bertz CT molecular complexity index is 611. The Kier molecular flexibility index (Phi) is 7.77. The van der Waals surface area contributed by atoms with Crippen LogP contribution in [0.4, 0.5) is 0 Å².